The highest BCUT2D eigenvalue weighted by Gasteiger charge is 2.13. The lowest BCUT2D eigenvalue weighted by molar-refractivity contribution is 0.472. The fourth-order valence-corrected chi connectivity index (χ4v) is 2.35. The Labute approximate surface area is 82.1 Å². The standard InChI is InChI=1S/C9H11FO3S/c10-5-2-6-14(12,13)9-4-1-3-8(11)7-9/h1,3-4,7,11H,2,5-6H2. The van der Waals surface area contributed by atoms with Crippen molar-refractivity contribution in [1.29, 1.82) is 0 Å². The maximum Gasteiger partial charge on any atom is 0.178 e. The van der Waals surface area contributed by atoms with Crippen LogP contribution in [0.15, 0.2) is 29.2 Å². The molecule has 0 bridgehead atoms. The first-order valence-electron chi connectivity index (χ1n) is 4.14. The second kappa shape index (κ2) is 4.41. The summed E-state index contributed by atoms with van der Waals surface area (Å²) in [4.78, 5) is 0.0333. The molecular weight excluding hydrogens is 207 g/mol. The summed E-state index contributed by atoms with van der Waals surface area (Å²) in [5.41, 5.74) is 0. The molecule has 0 radical (unpaired) electrons. The number of hydrogen-bond acceptors (Lipinski definition) is 3. The van der Waals surface area contributed by atoms with E-state index in [4.69, 9.17) is 5.11 Å². The van der Waals surface area contributed by atoms with E-state index in [2.05, 4.69) is 0 Å². The summed E-state index contributed by atoms with van der Waals surface area (Å²) in [6.07, 6.45) is -0.0159. The van der Waals surface area contributed by atoms with E-state index in [9.17, 15) is 12.8 Å². The Morgan fingerprint density at radius 1 is 1.36 bits per heavy atom. The first-order chi connectivity index (χ1) is 6.56. The topological polar surface area (TPSA) is 54.4 Å². The van der Waals surface area contributed by atoms with Crippen molar-refractivity contribution >= 4 is 9.84 Å². The van der Waals surface area contributed by atoms with Crippen LogP contribution in [0.2, 0.25) is 0 Å². The molecule has 14 heavy (non-hydrogen) atoms. The van der Waals surface area contributed by atoms with Gasteiger partial charge in [0.2, 0.25) is 0 Å². The Bertz CT molecular complexity index is 400. The molecule has 5 heteroatoms. The molecule has 0 amide bonds. The van der Waals surface area contributed by atoms with E-state index >= 15 is 0 Å². The van der Waals surface area contributed by atoms with Gasteiger partial charge in [-0.1, -0.05) is 6.07 Å². The minimum absolute atomic E-state index is 0.0159. The number of benzene rings is 1. The number of phenols is 1. The van der Waals surface area contributed by atoms with Gasteiger partial charge in [-0.2, -0.15) is 0 Å². The summed E-state index contributed by atoms with van der Waals surface area (Å²) < 4.78 is 34.7. The zero-order valence-electron chi connectivity index (χ0n) is 7.48. The molecule has 1 aromatic carbocycles. The zero-order valence-corrected chi connectivity index (χ0v) is 8.30. The summed E-state index contributed by atoms with van der Waals surface area (Å²) >= 11 is 0. The summed E-state index contributed by atoms with van der Waals surface area (Å²) in [5.74, 6) is -0.334. The van der Waals surface area contributed by atoms with Gasteiger partial charge in [-0.3, -0.25) is 4.39 Å². The maximum atomic E-state index is 11.8. The molecule has 0 atom stereocenters. The SMILES string of the molecule is O=S(=O)(CCCF)c1cccc(O)c1. The van der Waals surface area contributed by atoms with Gasteiger partial charge in [-0.25, -0.2) is 8.42 Å². The van der Waals surface area contributed by atoms with Crippen LogP contribution in [0.1, 0.15) is 6.42 Å². The lowest BCUT2D eigenvalue weighted by Crippen LogP contribution is -2.07. The van der Waals surface area contributed by atoms with Crippen molar-refractivity contribution < 1.29 is 17.9 Å². The summed E-state index contributed by atoms with van der Waals surface area (Å²) in [6.45, 7) is -0.655. The molecule has 0 saturated carbocycles. The van der Waals surface area contributed by atoms with Gasteiger partial charge >= 0.3 is 0 Å². The normalized spacial score (nSPS) is 11.5. The van der Waals surface area contributed by atoms with Gasteiger partial charge in [0.25, 0.3) is 0 Å². The van der Waals surface area contributed by atoms with E-state index in [1.807, 2.05) is 0 Å². The van der Waals surface area contributed by atoms with Gasteiger partial charge in [0, 0.05) is 0 Å². The van der Waals surface area contributed by atoms with Crippen LogP contribution in [0.4, 0.5) is 4.39 Å². The van der Waals surface area contributed by atoms with Gasteiger partial charge in [0.1, 0.15) is 5.75 Å². The lowest BCUT2D eigenvalue weighted by Gasteiger charge is -2.02. The van der Waals surface area contributed by atoms with Crippen molar-refractivity contribution in [3.63, 3.8) is 0 Å². The van der Waals surface area contributed by atoms with E-state index in [0.717, 1.165) is 6.07 Å². The Morgan fingerprint density at radius 2 is 2.07 bits per heavy atom. The van der Waals surface area contributed by atoms with Crippen molar-refractivity contribution in [2.75, 3.05) is 12.4 Å². The van der Waals surface area contributed by atoms with Crippen LogP contribution >= 0.6 is 0 Å². The number of phenolic OH excluding ortho intramolecular Hbond substituents is 1. The fraction of sp³-hybridized carbons (Fsp3) is 0.333. The quantitative estimate of drug-likeness (QED) is 0.833. The number of hydrogen-bond donors (Lipinski definition) is 1. The predicted molar refractivity (Wildman–Crippen MR) is 50.8 cm³/mol. The molecule has 0 aliphatic heterocycles. The molecule has 1 aromatic rings. The number of rotatable bonds is 4. The van der Waals surface area contributed by atoms with Crippen LogP contribution in [0.25, 0.3) is 0 Å². The fourth-order valence-electron chi connectivity index (χ4n) is 1.04. The monoisotopic (exact) mass is 218 g/mol. The third-order valence-electron chi connectivity index (χ3n) is 1.72. The smallest absolute Gasteiger partial charge is 0.178 e. The molecule has 1 N–H and O–H groups in total. The first kappa shape index (κ1) is 11.0. The molecule has 78 valence electrons. The van der Waals surface area contributed by atoms with Crippen molar-refractivity contribution in [1.82, 2.24) is 0 Å². The minimum Gasteiger partial charge on any atom is -0.508 e. The Hall–Kier alpha value is -1.10. The highest BCUT2D eigenvalue weighted by molar-refractivity contribution is 7.91. The Kier molecular flexibility index (Phi) is 3.46. The third kappa shape index (κ3) is 2.70. The molecule has 0 fully saturated rings. The minimum atomic E-state index is -3.44. The van der Waals surface area contributed by atoms with Crippen LogP contribution in [0, 0.1) is 0 Å². The Morgan fingerprint density at radius 3 is 2.64 bits per heavy atom. The molecule has 0 aliphatic rings. The molecular formula is C9H11FO3S. The van der Waals surface area contributed by atoms with Crippen molar-refractivity contribution in [2.24, 2.45) is 0 Å². The van der Waals surface area contributed by atoms with Crippen LogP contribution in [0.3, 0.4) is 0 Å². The van der Waals surface area contributed by atoms with Gasteiger partial charge in [0.15, 0.2) is 9.84 Å². The number of alkyl halides is 1. The highest BCUT2D eigenvalue weighted by atomic mass is 32.2. The second-order valence-electron chi connectivity index (χ2n) is 2.86. The van der Waals surface area contributed by atoms with Crippen molar-refractivity contribution in [2.45, 2.75) is 11.3 Å². The number of sulfone groups is 1. The molecule has 0 unspecified atom stereocenters. The van der Waals surface area contributed by atoms with Crippen LogP contribution in [0.5, 0.6) is 5.75 Å². The van der Waals surface area contributed by atoms with Crippen molar-refractivity contribution in [3.8, 4) is 5.75 Å². The van der Waals surface area contributed by atoms with Gasteiger partial charge in [-0.15, -0.1) is 0 Å². The molecule has 0 saturated heterocycles. The average molecular weight is 218 g/mol. The van der Waals surface area contributed by atoms with E-state index in [-0.39, 0.29) is 22.8 Å². The average Bonchev–Trinajstić information content (AvgIpc) is 2.15. The number of aromatic hydroxyl groups is 1. The summed E-state index contributed by atoms with van der Waals surface area (Å²) in [6, 6.07) is 5.37. The molecule has 0 aromatic heterocycles. The second-order valence-corrected chi connectivity index (χ2v) is 4.97. The van der Waals surface area contributed by atoms with Crippen LogP contribution < -0.4 is 0 Å². The van der Waals surface area contributed by atoms with Gasteiger partial charge < -0.3 is 5.11 Å². The van der Waals surface area contributed by atoms with E-state index < -0.39 is 16.5 Å². The van der Waals surface area contributed by atoms with Crippen molar-refractivity contribution in [3.05, 3.63) is 24.3 Å². The molecule has 1 rings (SSSR count). The number of halogens is 1. The zero-order chi connectivity index (χ0) is 10.6. The first-order valence-corrected chi connectivity index (χ1v) is 5.79. The summed E-state index contributed by atoms with van der Waals surface area (Å²) in [5, 5.41) is 9.06. The largest absolute Gasteiger partial charge is 0.508 e. The van der Waals surface area contributed by atoms with E-state index in [0.29, 0.717) is 0 Å². The Balaban J connectivity index is 2.93. The van der Waals surface area contributed by atoms with Gasteiger partial charge in [-0.05, 0) is 24.6 Å². The molecule has 3 nitrogen and oxygen atoms in total. The summed E-state index contributed by atoms with van der Waals surface area (Å²) in [7, 11) is -3.44. The predicted octanol–water partition coefficient (Wildman–Crippen LogP) is 1.53. The van der Waals surface area contributed by atoms with E-state index in [1.54, 1.807) is 0 Å². The van der Waals surface area contributed by atoms with Gasteiger partial charge in [0.05, 0.1) is 17.3 Å². The lowest BCUT2D eigenvalue weighted by atomic mass is 10.3. The van der Waals surface area contributed by atoms with E-state index in [1.165, 1.54) is 18.2 Å². The maximum absolute atomic E-state index is 11.8. The molecule has 0 aliphatic carbocycles. The molecule has 0 heterocycles. The highest BCUT2D eigenvalue weighted by Crippen LogP contribution is 2.17. The third-order valence-corrected chi connectivity index (χ3v) is 3.52. The molecule has 0 spiro atoms. The van der Waals surface area contributed by atoms with Crippen LogP contribution in [-0.4, -0.2) is 26.0 Å². The van der Waals surface area contributed by atoms with Crippen LogP contribution in [-0.2, 0) is 9.84 Å².